The fourth-order valence-corrected chi connectivity index (χ4v) is 3.72. The van der Waals surface area contributed by atoms with Gasteiger partial charge in [0.05, 0.1) is 13.2 Å². The molecule has 1 aliphatic rings. The molecule has 2 aromatic carbocycles. The fourth-order valence-electron chi connectivity index (χ4n) is 2.47. The van der Waals surface area contributed by atoms with Crippen LogP contribution in [0.5, 0.6) is 11.5 Å². The Labute approximate surface area is 175 Å². The average molecular weight is 433 g/mol. The number of hydrogen-bond donors (Lipinski definition) is 0. The molecule has 8 nitrogen and oxygen atoms in total. The Kier molecular flexibility index (Phi) is 7.63. The van der Waals surface area contributed by atoms with Crippen molar-refractivity contribution in [2.24, 2.45) is 0 Å². The van der Waals surface area contributed by atoms with Crippen LogP contribution in [0.15, 0.2) is 72.8 Å². The number of phosphoric acid groups is 1. The van der Waals surface area contributed by atoms with Gasteiger partial charge in [0.25, 0.3) is 0 Å². The van der Waals surface area contributed by atoms with Gasteiger partial charge in [0.1, 0.15) is 24.4 Å². The first kappa shape index (κ1) is 21.6. The molecule has 0 unspecified atom stereocenters. The van der Waals surface area contributed by atoms with E-state index in [0.29, 0.717) is 0 Å². The van der Waals surface area contributed by atoms with Gasteiger partial charge in [-0.25, -0.2) is 9.69 Å². The molecule has 0 saturated heterocycles. The van der Waals surface area contributed by atoms with Crippen LogP contribution in [-0.4, -0.2) is 30.8 Å². The van der Waals surface area contributed by atoms with Crippen LogP contribution in [0.3, 0.4) is 0 Å². The van der Waals surface area contributed by atoms with Gasteiger partial charge in [0.2, 0.25) is 5.88 Å². The van der Waals surface area contributed by atoms with Crippen LogP contribution in [0.1, 0.15) is 19.8 Å². The van der Waals surface area contributed by atoms with Crippen molar-refractivity contribution in [1.29, 1.82) is 0 Å². The zero-order valence-electron chi connectivity index (χ0n) is 16.6. The largest absolute Gasteiger partial charge is 0.648 e. The van der Waals surface area contributed by atoms with Crippen molar-refractivity contribution in [3.63, 3.8) is 0 Å². The number of carbonyl (C=O) groups is 1. The molecule has 1 amide bonds. The highest BCUT2D eigenvalue weighted by atomic mass is 31.2. The van der Waals surface area contributed by atoms with E-state index in [9.17, 15) is 9.36 Å². The number of nitrogens with zero attached hydrogens (tertiary/aromatic N) is 1. The predicted octanol–water partition coefficient (Wildman–Crippen LogP) is 5.34. The van der Waals surface area contributed by atoms with Crippen molar-refractivity contribution in [2.75, 3.05) is 19.8 Å². The number of unbranched alkanes of at least 4 members (excludes halogenated alkanes) is 1. The summed E-state index contributed by atoms with van der Waals surface area (Å²) in [5.74, 6) is 0.454. The second kappa shape index (κ2) is 10.6. The number of hydrogen-bond acceptors (Lipinski definition) is 7. The van der Waals surface area contributed by atoms with E-state index in [2.05, 4.69) is 0 Å². The second-order valence-corrected chi connectivity index (χ2v) is 7.74. The quantitative estimate of drug-likeness (QED) is 0.390. The topological polar surface area (TPSA) is 83.5 Å². The van der Waals surface area contributed by atoms with Crippen molar-refractivity contribution in [1.82, 2.24) is 4.90 Å². The average Bonchev–Trinajstić information content (AvgIpc) is 2.75. The molecular formula is C21H24NO7P. The Hall–Kier alpha value is -3.12. The molecule has 9 heteroatoms. The Morgan fingerprint density at radius 3 is 2.17 bits per heavy atom. The first-order valence-electron chi connectivity index (χ1n) is 9.64. The molecule has 0 aromatic heterocycles. The molecule has 0 saturated carbocycles. The lowest BCUT2D eigenvalue weighted by Crippen LogP contribution is -2.37. The third kappa shape index (κ3) is 6.19. The zero-order valence-corrected chi connectivity index (χ0v) is 17.5. The van der Waals surface area contributed by atoms with E-state index in [1.807, 2.05) is 6.92 Å². The van der Waals surface area contributed by atoms with E-state index in [-0.39, 0.29) is 37.1 Å². The summed E-state index contributed by atoms with van der Waals surface area (Å²) in [6.07, 6.45) is 2.20. The summed E-state index contributed by atoms with van der Waals surface area (Å²) in [6, 6.07) is 17.0. The number of carbonyl (C=O) groups excluding carboxylic acids is 1. The monoisotopic (exact) mass is 433 g/mol. The van der Waals surface area contributed by atoms with Crippen molar-refractivity contribution in [3.8, 4) is 11.5 Å². The van der Waals surface area contributed by atoms with Gasteiger partial charge in [-0.3, -0.25) is 0 Å². The van der Waals surface area contributed by atoms with Crippen LogP contribution in [0.25, 0.3) is 0 Å². The summed E-state index contributed by atoms with van der Waals surface area (Å²) in [7, 11) is -4.24. The van der Waals surface area contributed by atoms with E-state index < -0.39 is 13.9 Å². The van der Waals surface area contributed by atoms with E-state index in [1.165, 1.54) is 11.2 Å². The van der Waals surface area contributed by atoms with Gasteiger partial charge < -0.3 is 23.0 Å². The highest BCUT2D eigenvalue weighted by molar-refractivity contribution is 7.49. The fraction of sp³-hybridized carbons (Fsp3) is 0.286. The molecule has 1 heterocycles. The maximum atomic E-state index is 13.5. The normalized spacial score (nSPS) is 13.6. The van der Waals surface area contributed by atoms with Crippen molar-refractivity contribution in [2.45, 2.75) is 19.8 Å². The first-order chi connectivity index (χ1) is 14.6. The standard InChI is InChI=1S/C21H24NO7P/c1-2-3-15-26-21(23)22-14-16-25-17-20(22)29-30(24,27-18-10-6-4-7-11-18)28-19-12-8-5-9-13-19/h4-13,17H,2-3,14-16H2,1H3. The predicted molar refractivity (Wildman–Crippen MR) is 110 cm³/mol. The number of rotatable bonds is 9. The van der Waals surface area contributed by atoms with Crippen LogP contribution >= 0.6 is 7.82 Å². The second-order valence-electron chi connectivity index (χ2n) is 6.29. The van der Waals surface area contributed by atoms with Crippen LogP contribution in [0.2, 0.25) is 0 Å². The van der Waals surface area contributed by atoms with Crippen molar-refractivity contribution in [3.05, 3.63) is 72.8 Å². The lowest BCUT2D eigenvalue weighted by molar-refractivity contribution is 0.0608. The number of amides is 1. The molecule has 3 rings (SSSR count). The minimum atomic E-state index is -4.24. The van der Waals surface area contributed by atoms with Gasteiger partial charge in [-0.05, 0) is 30.7 Å². The Bertz CT molecular complexity index is 843. The van der Waals surface area contributed by atoms with Gasteiger partial charge in [-0.1, -0.05) is 49.7 Å². The molecule has 0 spiro atoms. The van der Waals surface area contributed by atoms with Gasteiger partial charge >= 0.3 is 13.9 Å². The Balaban J connectivity index is 1.80. The molecule has 0 aliphatic carbocycles. The lowest BCUT2D eigenvalue weighted by Gasteiger charge is -2.29. The number of ether oxygens (including phenoxy) is 2. The van der Waals surface area contributed by atoms with Crippen LogP contribution in [0.4, 0.5) is 4.79 Å². The molecule has 0 radical (unpaired) electrons. The molecular weight excluding hydrogens is 409 g/mol. The van der Waals surface area contributed by atoms with E-state index >= 15 is 0 Å². The van der Waals surface area contributed by atoms with E-state index in [1.54, 1.807) is 60.7 Å². The maximum Gasteiger partial charge on any atom is 0.648 e. The number of phosphoric ester groups is 1. The smallest absolute Gasteiger partial charge is 0.494 e. The van der Waals surface area contributed by atoms with Gasteiger partial charge in [0.15, 0.2) is 0 Å². The van der Waals surface area contributed by atoms with Crippen molar-refractivity contribution < 1.29 is 32.4 Å². The molecule has 160 valence electrons. The molecule has 2 aromatic rings. The summed E-state index contributed by atoms with van der Waals surface area (Å²) in [4.78, 5) is 13.6. The summed E-state index contributed by atoms with van der Waals surface area (Å²) < 4.78 is 40.8. The SMILES string of the molecule is CCCCOC(=O)N1CCOC=C1OP(=O)(Oc1ccccc1)Oc1ccccc1. The number of benzene rings is 2. The zero-order chi connectivity index (χ0) is 21.2. The van der Waals surface area contributed by atoms with E-state index in [0.717, 1.165) is 12.8 Å². The third-order valence-electron chi connectivity index (χ3n) is 3.95. The van der Waals surface area contributed by atoms with Crippen LogP contribution in [-0.2, 0) is 18.6 Å². The van der Waals surface area contributed by atoms with Crippen LogP contribution < -0.4 is 9.05 Å². The molecule has 0 bridgehead atoms. The van der Waals surface area contributed by atoms with Gasteiger partial charge in [0, 0.05) is 0 Å². The summed E-state index contributed by atoms with van der Waals surface area (Å²) >= 11 is 0. The summed E-state index contributed by atoms with van der Waals surface area (Å²) in [5.41, 5.74) is 0. The third-order valence-corrected chi connectivity index (χ3v) is 5.23. The summed E-state index contributed by atoms with van der Waals surface area (Å²) in [6.45, 7) is 2.69. The lowest BCUT2D eigenvalue weighted by atomic mass is 10.3. The minimum absolute atomic E-state index is 0.113. The van der Waals surface area contributed by atoms with Crippen LogP contribution in [0, 0.1) is 0 Å². The highest BCUT2D eigenvalue weighted by Crippen LogP contribution is 2.51. The van der Waals surface area contributed by atoms with Gasteiger partial charge in [-0.2, -0.15) is 4.57 Å². The molecule has 0 N–H and O–H groups in total. The Morgan fingerprint density at radius 2 is 1.60 bits per heavy atom. The first-order valence-corrected chi connectivity index (χ1v) is 11.1. The van der Waals surface area contributed by atoms with Gasteiger partial charge in [-0.15, -0.1) is 0 Å². The minimum Gasteiger partial charge on any atom is -0.494 e. The number of para-hydroxylation sites is 2. The molecule has 0 fully saturated rings. The Morgan fingerprint density at radius 1 is 1.00 bits per heavy atom. The maximum absolute atomic E-state index is 13.5. The summed E-state index contributed by atoms with van der Waals surface area (Å²) in [5, 5.41) is 0. The molecule has 1 aliphatic heterocycles. The highest BCUT2D eigenvalue weighted by Gasteiger charge is 2.38. The van der Waals surface area contributed by atoms with Crippen molar-refractivity contribution >= 4 is 13.9 Å². The molecule has 0 atom stereocenters. The molecule has 30 heavy (non-hydrogen) atoms. The van der Waals surface area contributed by atoms with E-state index in [4.69, 9.17) is 23.0 Å².